The minimum atomic E-state index is -0.875. The minimum Gasteiger partial charge on any atom is -0.386 e. The largest absolute Gasteiger partial charge is 0.386 e. The molecular formula is C25H31ClN6O2S. The maximum Gasteiger partial charge on any atom is 0.350 e. The van der Waals surface area contributed by atoms with Gasteiger partial charge in [0.1, 0.15) is 12.4 Å². The first-order valence-corrected chi connectivity index (χ1v) is 12.7. The van der Waals surface area contributed by atoms with Crippen molar-refractivity contribution in [3.63, 3.8) is 0 Å². The van der Waals surface area contributed by atoms with Gasteiger partial charge in [-0.15, -0.1) is 0 Å². The third-order valence-electron chi connectivity index (χ3n) is 6.39. The van der Waals surface area contributed by atoms with Crippen molar-refractivity contribution in [3.05, 3.63) is 75.9 Å². The van der Waals surface area contributed by atoms with Gasteiger partial charge in [0.2, 0.25) is 0 Å². The standard InChI is InChI=1S/C25H31ClN6O2S/c1-3-22(23(33)18-5-7-19(26)8-6-18)32-25(34)31(17-28-32)21-11-9-20(10-12-21)29-13-15-30(16-14-29)24(35)27-4-2/h5-12,17,22-23,33H,3-4,13-16H2,1-2H3,(H,27,35). The number of thiocarbonyl (C=S) groups is 1. The first-order valence-electron chi connectivity index (χ1n) is 11.9. The van der Waals surface area contributed by atoms with Gasteiger partial charge in [-0.3, -0.25) is 0 Å². The number of hydrogen-bond acceptors (Lipinski definition) is 5. The SMILES string of the molecule is CCNC(=S)N1CCN(c2ccc(-n3cnn(C(CC)C(O)c4ccc(Cl)cc4)c3=O)cc2)CC1. The molecule has 0 saturated carbocycles. The smallest absolute Gasteiger partial charge is 0.350 e. The Balaban J connectivity index is 1.47. The summed E-state index contributed by atoms with van der Waals surface area (Å²) in [5, 5.41) is 19.9. The number of nitrogens with one attached hydrogen (secondary N) is 1. The van der Waals surface area contributed by atoms with E-state index in [0.29, 0.717) is 17.0 Å². The fraction of sp³-hybridized carbons (Fsp3) is 0.400. The van der Waals surface area contributed by atoms with Gasteiger partial charge in [-0.1, -0.05) is 30.7 Å². The van der Waals surface area contributed by atoms with Crippen LogP contribution in [0.15, 0.2) is 59.7 Å². The van der Waals surface area contributed by atoms with E-state index >= 15 is 0 Å². The van der Waals surface area contributed by atoms with Crippen LogP contribution >= 0.6 is 23.8 Å². The van der Waals surface area contributed by atoms with Gasteiger partial charge in [-0.2, -0.15) is 5.10 Å². The van der Waals surface area contributed by atoms with E-state index in [1.54, 1.807) is 24.3 Å². The fourth-order valence-electron chi connectivity index (χ4n) is 4.39. The number of rotatable bonds is 7. The number of aliphatic hydroxyl groups excluding tert-OH is 1. The summed E-state index contributed by atoms with van der Waals surface area (Å²) in [5.74, 6) is 0. The highest BCUT2D eigenvalue weighted by molar-refractivity contribution is 7.80. The van der Waals surface area contributed by atoms with Gasteiger partial charge in [0.25, 0.3) is 0 Å². The Bertz CT molecular complexity index is 1190. The maximum absolute atomic E-state index is 13.2. The van der Waals surface area contributed by atoms with Crippen molar-refractivity contribution in [2.75, 3.05) is 37.6 Å². The molecule has 1 aliphatic heterocycles. The Labute approximate surface area is 215 Å². The molecule has 2 atom stereocenters. The van der Waals surface area contributed by atoms with Crippen LogP contribution in [-0.4, -0.2) is 62.2 Å². The molecule has 2 N–H and O–H groups in total. The van der Waals surface area contributed by atoms with Crippen LogP contribution in [0.2, 0.25) is 5.02 Å². The van der Waals surface area contributed by atoms with Crippen LogP contribution < -0.4 is 15.9 Å². The third kappa shape index (κ3) is 5.52. The van der Waals surface area contributed by atoms with E-state index < -0.39 is 12.1 Å². The van der Waals surface area contributed by atoms with Crippen LogP contribution in [0.4, 0.5) is 5.69 Å². The summed E-state index contributed by atoms with van der Waals surface area (Å²) in [7, 11) is 0. The Hall–Kier alpha value is -2.88. The van der Waals surface area contributed by atoms with Crippen LogP contribution in [0, 0.1) is 0 Å². The number of aliphatic hydroxyl groups is 1. The topological polar surface area (TPSA) is 78.6 Å². The number of aromatic nitrogens is 3. The molecule has 2 unspecified atom stereocenters. The van der Waals surface area contributed by atoms with E-state index in [0.717, 1.165) is 49.2 Å². The highest BCUT2D eigenvalue weighted by Gasteiger charge is 2.25. The Morgan fingerprint density at radius 2 is 1.69 bits per heavy atom. The zero-order valence-corrected chi connectivity index (χ0v) is 21.5. The zero-order chi connectivity index (χ0) is 24.9. The molecule has 10 heteroatoms. The van der Waals surface area contributed by atoms with E-state index in [1.165, 1.54) is 15.6 Å². The van der Waals surface area contributed by atoms with Gasteiger partial charge in [0.15, 0.2) is 5.11 Å². The lowest BCUT2D eigenvalue weighted by molar-refractivity contribution is 0.101. The highest BCUT2D eigenvalue weighted by atomic mass is 35.5. The molecule has 1 saturated heterocycles. The quantitative estimate of drug-likeness (QED) is 0.468. The predicted molar refractivity (Wildman–Crippen MR) is 144 cm³/mol. The van der Waals surface area contributed by atoms with Crippen molar-refractivity contribution in [2.24, 2.45) is 0 Å². The zero-order valence-electron chi connectivity index (χ0n) is 20.0. The highest BCUT2D eigenvalue weighted by Crippen LogP contribution is 2.28. The van der Waals surface area contributed by atoms with Crippen molar-refractivity contribution in [3.8, 4) is 5.69 Å². The van der Waals surface area contributed by atoms with Crippen molar-refractivity contribution in [2.45, 2.75) is 32.4 Å². The molecule has 35 heavy (non-hydrogen) atoms. The molecule has 2 heterocycles. The van der Waals surface area contributed by atoms with Crippen LogP contribution in [0.1, 0.15) is 38.0 Å². The first kappa shape index (κ1) is 25.2. The second-order valence-corrected chi connectivity index (χ2v) is 9.35. The molecule has 8 nitrogen and oxygen atoms in total. The second kappa shape index (κ2) is 11.2. The normalized spacial score (nSPS) is 15.7. The summed E-state index contributed by atoms with van der Waals surface area (Å²) in [6, 6.07) is 14.4. The van der Waals surface area contributed by atoms with Gasteiger partial charge in [0.05, 0.1) is 11.7 Å². The third-order valence-corrected chi connectivity index (χ3v) is 7.04. The molecule has 186 valence electrons. The molecular weight excluding hydrogens is 484 g/mol. The molecule has 0 aliphatic carbocycles. The average Bonchev–Trinajstić information content (AvgIpc) is 3.26. The Kier molecular flexibility index (Phi) is 8.10. The van der Waals surface area contributed by atoms with Gasteiger partial charge in [-0.05, 0) is 67.5 Å². The summed E-state index contributed by atoms with van der Waals surface area (Å²) in [5.41, 5.74) is 2.24. The van der Waals surface area contributed by atoms with Gasteiger partial charge in [0, 0.05) is 43.4 Å². The van der Waals surface area contributed by atoms with Crippen LogP contribution in [0.5, 0.6) is 0 Å². The summed E-state index contributed by atoms with van der Waals surface area (Å²) in [4.78, 5) is 17.7. The lowest BCUT2D eigenvalue weighted by Crippen LogP contribution is -2.51. The van der Waals surface area contributed by atoms with E-state index in [1.807, 2.05) is 38.1 Å². The minimum absolute atomic E-state index is 0.289. The molecule has 2 aromatic carbocycles. The molecule has 3 aromatic rings. The van der Waals surface area contributed by atoms with Crippen molar-refractivity contribution in [1.29, 1.82) is 0 Å². The average molecular weight is 515 g/mol. The molecule has 1 aromatic heterocycles. The number of nitrogens with zero attached hydrogens (tertiary/aromatic N) is 5. The lowest BCUT2D eigenvalue weighted by Gasteiger charge is -2.37. The number of anilines is 1. The van der Waals surface area contributed by atoms with Crippen molar-refractivity contribution >= 4 is 34.6 Å². The molecule has 0 radical (unpaired) electrons. The Morgan fingerprint density at radius 1 is 1.06 bits per heavy atom. The molecule has 1 fully saturated rings. The summed E-state index contributed by atoms with van der Waals surface area (Å²) >= 11 is 11.4. The van der Waals surface area contributed by atoms with Crippen molar-refractivity contribution < 1.29 is 5.11 Å². The predicted octanol–water partition coefficient (Wildman–Crippen LogP) is 3.39. The lowest BCUT2D eigenvalue weighted by atomic mass is 10.0. The summed E-state index contributed by atoms with van der Waals surface area (Å²) in [6.07, 6.45) is 1.18. The van der Waals surface area contributed by atoms with Crippen LogP contribution in [-0.2, 0) is 0 Å². The fourth-order valence-corrected chi connectivity index (χ4v) is 4.84. The van der Waals surface area contributed by atoms with Crippen LogP contribution in [0.3, 0.4) is 0 Å². The van der Waals surface area contributed by atoms with Crippen LogP contribution in [0.25, 0.3) is 5.69 Å². The molecule has 0 spiro atoms. The van der Waals surface area contributed by atoms with Crippen molar-refractivity contribution in [1.82, 2.24) is 24.6 Å². The summed E-state index contributed by atoms with van der Waals surface area (Å²) < 4.78 is 2.87. The number of hydrogen-bond donors (Lipinski definition) is 2. The maximum atomic E-state index is 13.2. The molecule has 0 amide bonds. The van der Waals surface area contributed by atoms with E-state index in [9.17, 15) is 9.90 Å². The summed E-state index contributed by atoms with van der Waals surface area (Å²) in [6.45, 7) is 8.29. The van der Waals surface area contributed by atoms with Gasteiger partial charge >= 0.3 is 5.69 Å². The molecule has 0 bridgehead atoms. The molecule has 4 rings (SSSR count). The Morgan fingerprint density at radius 3 is 2.29 bits per heavy atom. The number of halogens is 1. The van der Waals surface area contributed by atoms with Gasteiger partial charge in [-0.25, -0.2) is 14.0 Å². The second-order valence-electron chi connectivity index (χ2n) is 8.53. The van der Waals surface area contributed by atoms with E-state index in [2.05, 4.69) is 20.2 Å². The van der Waals surface area contributed by atoms with E-state index in [4.69, 9.17) is 23.8 Å². The molecule has 1 aliphatic rings. The number of piperazine rings is 1. The number of benzene rings is 2. The first-order chi connectivity index (χ1) is 16.9. The van der Waals surface area contributed by atoms with Gasteiger partial charge < -0.3 is 20.2 Å². The van der Waals surface area contributed by atoms with E-state index in [-0.39, 0.29) is 5.69 Å². The monoisotopic (exact) mass is 514 g/mol.